The zero-order valence-corrected chi connectivity index (χ0v) is 63.0. The lowest BCUT2D eigenvalue weighted by Gasteiger charge is -2.32. The predicted molar refractivity (Wildman–Crippen MR) is 476 cm³/mol. The fourth-order valence-electron chi connectivity index (χ4n) is 18.2. The Morgan fingerprint density at radius 3 is 1.59 bits per heavy atom. The Balaban J connectivity index is 0.540. The van der Waals surface area contributed by atoms with E-state index in [2.05, 4.69) is 365 Å². The van der Waals surface area contributed by atoms with Gasteiger partial charge in [-0.25, -0.2) is 15.0 Å². The molecular formula is C102H66N8O2S2. The largest absolute Gasteiger partial charge is 0.455 e. The monoisotopic (exact) mass is 1500 g/mol. The van der Waals surface area contributed by atoms with E-state index in [9.17, 15) is 0 Å². The number of furan rings is 2. The molecule has 15 aromatic carbocycles. The number of benzene rings is 15. The van der Waals surface area contributed by atoms with E-state index in [4.69, 9.17) is 23.8 Å². The van der Waals surface area contributed by atoms with Crippen molar-refractivity contribution in [3.63, 3.8) is 0 Å². The number of thiophene rings is 2. The topological polar surface area (TPSA) is 109 Å². The molecule has 24 rings (SSSR count). The van der Waals surface area contributed by atoms with Crippen LogP contribution in [0.3, 0.4) is 0 Å². The fraction of sp³-hybridized carbons (Fsp3) is 0.0490. The normalized spacial score (nSPS) is 16.0. The van der Waals surface area contributed by atoms with E-state index in [1.54, 1.807) is 0 Å². The number of para-hydroxylation sites is 5. The van der Waals surface area contributed by atoms with Crippen LogP contribution in [-0.4, -0.2) is 26.6 Å². The van der Waals surface area contributed by atoms with Crippen molar-refractivity contribution in [2.75, 3.05) is 0 Å². The van der Waals surface area contributed by atoms with Gasteiger partial charge in [0, 0.05) is 106 Å². The average molecular weight is 1500 g/mol. The number of aliphatic imine (C=N–C) groups is 3. The maximum atomic E-state index is 6.96. The molecule has 12 heteroatoms. The molecule has 2 aliphatic heterocycles. The number of nitrogens with zero attached hydrogens (tertiary/aromatic N) is 5. The zero-order valence-electron chi connectivity index (χ0n) is 61.3. The zero-order chi connectivity index (χ0) is 74.6. The van der Waals surface area contributed by atoms with Gasteiger partial charge in [0.25, 0.3) is 0 Å². The van der Waals surface area contributed by atoms with E-state index < -0.39 is 6.17 Å². The van der Waals surface area contributed by atoms with Crippen molar-refractivity contribution in [3.8, 4) is 44.8 Å². The maximum absolute atomic E-state index is 6.96. The number of allylic oxidation sites excluding steroid dienone is 3. The van der Waals surface area contributed by atoms with Gasteiger partial charge in [-0.15, -0.1) is 22.7 Å². The lowest BCUT2D eigenvalue weighted by Crippen LogP contribution is -2.44. The van der Waals surface area contributed by atoms with Gasteiger partial charge < -0.3 is 28.6 Å². The summed E-state index contributed by atoms with van der Waals surface area (Å²) in [6.45, 7) is 0. The molecule has 3 atom stereocenters. The highest BCUT2D eigenvalue weighted by Crippen LogP contribution is 2.47. The Kier molecular flexibility index (Phi) is 14.7. The number of hydrogen-bond donors (Lipinski definition) is 3. The van der Waals surface area contributed by atoms with Crippen molar-refractivity contribution in [2.45, 2.75) is 31.3 Å². The molecule has 0 spiro atoms. The molecule has 6 aromatic heterocycles. The molecule has 0 amide bonds. The Bertz CT molecular complexity index is 7760. The number of aromatic nitrogens is 2. The van der Waals surface area contributed by atoms with Crippen molar-refractivity contribution < 1.29 is 8.83 Å². The van der Waals surface area contributed by atoms with Crippen LogP contribution >= 0.6 is 22.7 Å². The van der Waals surface area contributed by atoms with Crippen LogP contribution in [0.25, 0.3) is 173 Å². The van der Waals surface area contributed by atoms with E-state index in [-0.39, 0.29) is 12.3 Å². The van der Waals surface area contributed by atoms with Gasteiger partial charge in [-0.1, -0.05) is 255 Å². The van der Waals surface area contributed by atoms with Crippen LogP contribution in [0.2, 0.25) is 0 Å². The van der Waals surface area contributed by atoms with Crippen LogP contribution in [0.1, 0.15) is 59.2 Å². The molecule has 8 heterocycles. The molecule has 0 saturated carbocycles. The van der Waals surface area contributed by atoms with Crippen LogP contribution in [0.4, 0.5) is 0 Å². The van der Waals surface area contributed by atoms with E-state index >= 15 is 0 Å². The van der Waals surface area contributed by atoms with E-state index in [1.165, 1.54) is 72.9 Å². The van der Waals surface area contributed by atoms with Gasteiger partial charge in [0.1, 0.15) is 52.5 Å². The second kappa shape index (κ2) is 25.8. The highest BCUT2D eigenvalue weighted by molar-refractivity contribution is 7.26. The standard InChI is InChI=1S/C102H66N8O2S2/c1-4-21-59(22-5-1)97-103-98(60-23-6-2-7-24-60)106-101(105-97)66-45-50-76-74-48-43-63(54-89(74)113-91(76)56-66)70-33-17-35-78-81-58-68(47-52-87(81)111-95(70)78)109-84-39-15-12-31-79(84)93-69(32-19-40-85(93)109)62-27-16-28-65(53-62)100-104-99(61-25-8-3-9-26-61)107-102(108-100)67-46-51-77-75-49-44-64(55-90(75)114-92(77)57-67)71-34-18-36-80-94-86(41-20-42-88(94)112-96(71)80)110-82-37-13-10-29-72(82)73-30-11-14-38-83(73)110/h1-8,10-25,27-58,97-98,100,103H,9,26H2,(H,105,106)(H,104,107,108). The minimum atomic E-state index is -0.411. The Morgan fingerprint density at radius 1 is 0.351 bits per heavy atom. The van der Waals surface area contributed by atoms with Gasteiger partial charge in [-0.2, -0.15) is 0 Å². The minimum Gasteiger partial charge on any atom is -0.455 e. The first-order valence-corrected chi connectivity index (χ1v) is 40.5. The quantitative estimate of drug-likeness (QED) is 0.120. The molecule has 10 nitrogen and oxygen atoms in total. The molecule has 0 radical (unpaired) electrons. The van der Waals surface area contributed by atoms with Crippen LogP contribution in [0.5, 0.6) is 0 Å². The molecule has 3 unspecified atom stereocenters. The molecule has 0 bridgehead atoms. The van der Waals surface area contributed by atoms with E-state index in [1.807, 2.05) is 22.7 Å². The smallest absolute Gasteiger partial charge is 0.155 e. The molecule has 21 aromatic rings. The third kappa shape index (κ3) is 10.4. The number of fused-ring (bicyclic) bond motifs is 18. The Morgan fingerprint density at radius 2 is 0.895 bits per heavy atom. The van der Waals surface area contributed by atoms with Gasteiger partial charge in [0.05, 0.1) is 33.1 Å². The summed E-state index contributed by atoms with van der Waals surface area (Å²) in [7, 11) is 0. The summed E-state index contributed by atoms with van der Waals surface area (Å²) in [5, 5.41) is 25.4. The summed E-state index contributed by atoms with van der Waals surface area (Å²) in [5.74, 6) is 2.43. The van der Waals surface area contributed by atoms with Gasteiger partial charge in [0.15, 0.2) is 5.84 Å². The molecule has 3 aliphatic rings. The second-order valence-electron chi connectivity index (χ2n) is 30.1. The molecular weight excluding hydrogens is 1430 g/mol. The van der Waals surface area contributed by atoms with Crippen molar-refractivity contribution in [2.24, 2.45) is 15.0 Å². The molecule has 0 saturated heterocycles. The molecule has 0 fully saturated rings. The van der Waals surface area contributed by atoms with Crippen molar-refractivity contribution >= 4 is 168 Å². The highest BCUT2D eigenvalue weighted by atomic mass is 32.1. The Hall–Kier alpha value is -14.0. The van der Waals surface area contributed by atoms with Crippen molar-refractivity contribution in [3.05, 3.63) is 373 Å². The third-order valence-corrected chi connectivity index (χ3v) is 25.8. The molecule has 114 heavy (non-hydrogen) atoms. The first-order chi connectivity index (χ1) is 56.5. The number of nitrogens with one attached hydrogen (secondary N) is 3. The summed E-state index contributed by atoms with van der Waals surface area (Å²) >= 11 is 3.63. The van der Waals surface area contributed by atoms with Gasteiger partial charge in [-0.3, -0.25) is 5.32 Å². The van der Waals surface area contributed by atoms with Gasteiger partial charge in [0.2, 0.25) is 0 Å². The summed E-state index contributed by atoms with van der Waals surface area (Å²) in [6.07, 6.45) is 7.62. The minimum absolute atomic E-state index is 0.112. The fourth-order valence-corrected chi connectivity index (χ4v) is 20.6. The number of amidine groups is 3. The summed E-state index contributed by atoms with van der Waals surface area (Å²) in [5.41, 5.74) is 23.3. The molecule has 1 aliphatic carbocycles. The van der Waals surface area contributed by atoms with Gasteiger partial charge >= 0.3 is 0 Å². The van der Waals surface area contributed by atoms with Crippen LogP contribution in [-0.2, 0) is 0 Å². The summed E-state index contributed by atoms with van der Waals surface area (Å²) < 4.78 is 23.5. The van der Waals surface area contributed by atoms with E-state index in [0.717, 1.165) is 163 Å². The van der Waals surface area contributed by atoms with Crippen LogP contribution < -0.4 is 16.0 Å². The van der Waals surface area contributed by atoms with E-state index in [0.29, 0.717) is 0 Å². The third-order valence-electron chi connectivity index (χ3n) is 23.5. The maximum Gasteiger partial charge on any atom is 0.155 e. The number of rotatable bonds is 11. The summed E-state index contributed by atoms with van der Waals surface area (Å²) in [4.78, 5) is 16.1. The molecule has 538 valence electrons. The second-order valence-corrected chi connectivity index (χ2v) is 32.2. The predicted octanol–water partition coefficient (Wildman–Crippen LogP) is 26.5. The number of hydrogen-bond acceptors (Lipinski definition) is 10. The van der Waals surface area contributed by atoms with Crippen molar-refractivity contribution in [1.82, 2.24) is 25.1 Å². The van der Waals surface area contributed by atoms with Gasteiger partial charge in [-0.05, 0) is 142 Å². The Labute approximate surface area is 661 Å². The SMILES string of the molecule is C1=CCCC(C2=NC(c3cccc(-c4cccc5c4c4ccccc4n5-c4ccc5oc6c(-c7ccc8c(c7)sc7cc(C9=NC(c%10ccccc%10)NC(c%10ccccc%10)N9)ccc78)cccc6c5c4)c3)NC(c3ccc4c(c3)sc3cc(-c5cccc6c5oc5cccc(-n7c8ccccc8c8ccccc87)c56)ccc34)=N2)=C1. The van der Waals surface area contributed by atoms with Crippen LogP contribution in [0.15, 0.2) is 369 Å². The lowest BCUT2D eigenvalue weighted by molar-refractivity contribution is 0.409. The van der Waals surface area contributed by atoms with Crippen LogP contribution in [0, 0.1) is 0 Å². The first-order valence-electron chi connectivity index (χ1n) is 38.9. The average Bonchev–Trinajstić information content (AvgIpc) is 1.61. The van der Waals surface area contributed by atoms with Crippen molar-refractivity contribution in [1.29, 1.82) is 0 Å². The summed E-state index contributed by atoms with van der Waals surface area (Å²) in [6, 6.07) is 116. The highest BCUT2D eigenvalue weighted by Gasteiger charge is 2.29. The first kappa shape index (κ1) is 64.8. The molecule has 3 N–H and O–H groups in total. The lowest BCUT2D eigenvalue weighted by atomic mass is 9.97.